The molecular formula is C17H19F2NO. The van der Waals surface area contributed by atoms with Crippen LogP contribution in [0, 0.1) is 11.6 Å². The van der Waals surface area contributed by atoms with Gasteiger partial charge >= 0.3 is 0 Å². The number of hydrogen-bond acceptors (Lipinski definition) is 2. The molecule has 21 heavy (non-hydrogen) atoms. The highest BCUT2D eigenvalue weighted by atomic mass is 19.2. The first-order valence-electron chi connectivity index (χ1n) is 6.98. The van der Waals surface area contributed by atoms with E-state index in [2.05, 4.69) is 5.32 Å². The Hall–Kier alpha value is -1.78. The van der Waals surface area contributed by atoms with E-state index in [1.807, 2.05) is 37.3 Å². The molecule has 0 saturated carbocycles. The van der Waals surface area contributed by atoms with Gasteiger partial charge in [-0.2, -0.15) is 0 Å². The zero-order valence-electron chi connectivity index (χ0n) is 11.9. The van der Waals surface area contributed by atoms with Crippen molar-refractivity contribution in [3.8, 4) is 0 Å². The van der Waals surface area contributed by atoms with Gasteiger partial charge in [0, 0.05) is 18.7 Å². The summed E-state index contributed by atoms with van der Waals surface area (Å²) in [4.78, 5) is 0. The second-order valence-electron chi connectivity index (χ2n) is 5.04. The molecule has 2 atom stereocenters. The Morgan fingerprint density at radius 2 is 1.71 bits per heavy atom. The van der Waals surface area contributed by atoms with Crippen LogP contribution in [-0.4, -0.2) is 11.7 Å². The monoisotopic (exact) mass is 291 g/mol. The Morgan fingerprint density at radius 3 is 2.33 bits per heavy atom. The Morgan fingerprint density at radius 1 is 1.00 bits per heavy atom. The van der Waals surface area contributed by atoms with Crippen molar-refractivity contribution >= 4 is 0 Å². The molecule has 0 saturated heterocycles. The van der Waals surface area contributed by atoms with Gasteiger partial charge in [0.05, 0.1) is 0 Å². The molecule has 0 aliphatic rings. The molecule has 0 fully saturated rings. The Labute approximate surface area is 123 Å². The summed E-state index contributed by atoms with van der Waals surface area (Å²) in [6, 6.07) is 13.5. The van der Waals surface area contributed by atoms with Gasteiger partial charge in [-0.25, -0.2) is 8.78 Å². The minimum absolute atomic E-state index is 0.0423. The van der Waals surface area contributed by atoms with Crippen LogP contribution in [0.2, 0.25) is 0 Å². The van der Waals surface area contributed by atoms with Gasteiger partial charge in [0.15, 0.2) is 11.6 Å². The molecular weight excluding hydrogens is 272 g/mol. The lowest BCUT2D eigenvalue weighted by atomic mass is 10.0. The third-order valence-electron chi connectivity index (χ3n) is 3.51. The van der Waals surface area contributed by atoms with Crippen LogP contribution in [0.1, 0.15) is 36.6 Å². The van der Waals surface area contributed by atoms with Crippen molar-refractivity contribution in [3.05, 3.63) is 71.3 Å². The van der Waals surface area contributed by atoms with Crippen molar-refractivity contribution in [1.29, 1.82) is 0 Å². The molecule has 2 N–H and O–H groups in total. The smallest absolute Gasteiger partial charge is 0.159 e. The lowest BCUT2D eigenvalue weighted by Gasteiger charge is -2.23. The summed E-state index contributed by atoms with van der Waals surface area (Å²) < 4.78 is 26.3. The summed E-state index contributed by atoms with van der Waals surface area (Å²) in [6.07, 6.45) is 0.554. The van der Waals surface area contributed by atoms with Crippen molar-refractivity contribution < 1.29 is 13.9 Å². The second-order valence-corrected chi connectivity index (χ2v) is 5.04. The highest BCUT2D eigenvalue weighted by Crippen LogP contribution is 2.23. The highest BCUT2D eigenvalue weighted by molar-refractivity contribution is 5.23. The SMILES string of the molecule is CC(N[C@H](CCO)c1ccccc1)c1ccc(F)c(F)c1. The van der Waals surface area contributed by atoms with Gasteiger partial charge < -0.3 is 10.4 Å². The number of nitrogens with one attached hydrogen (secondary N) is 1. The number of hydrogen-bond donors (Lipinski definition) is 2. The molecule has 2 nitrogen and oxygen atoms in total. The first-order chi connectivity index (χ1) is 10.1. The van der Waals surface area contributed by atoms with Gasteiger partial charge in [-0.15, -0.1) is 0 Å². The van der Waals surface area contributed by atoms with Crippen molar-refractivity contribution in [2.45, 2.75) is 25.4 Å². The zero-order chi connectivity index (χ0) is 15.2. The Balaban J connectivity index is 2.14. The van der Waals surface area contributed by atoms with E-state index in [1.54, 1.807) is 6.07 Å². The third kappa shape index (κ3) is 4.09. The molecule has 0 amide bonds. The molecule has 0 heterocycles. The average Bonchev–Trinajstić information content (AvgIpc) is 2.50. The molecule has 2 aromatic rings. The number of aliphatic hydroxyl groups is 1. The van der Waals surface area contributed by atoms with E-state index in [4.69, 9.17) is 0 Å². The van der Waals surface area contributed by atoms with Crippen LogP contribution in [-0.2, 0) is 0 Å². The van der Waals surface area contributed by atoms with E-state index in [0.717, 1.165) is 11.6 Å². The van der Waals surface area contributed by atoms with Crippen molar-refractivity contribution in [2.24, 2.45) is 0 Å². The standard InChI is InChI=1S/C17H19F2NO/c1-12(14-7-8-15(18)16(19)11-14)20-17(9-10-21)13-5-3-2-4-6-13/h2-8,11-12,17,20-21H,9-10H2,1H3/t12?,17-/m1/s1. The van der Waals surface area contributed by atoms with Crippen LogP contribution in [0.15, 0.2) is 48.5 Å². The normalized spacial score (nSPS) is 13.9. The van der Waals surface area contributed by atoms with Crippen LogP contribution in [0.4, 0.5) is 8.78 Å². The van der Waals surface area contributed by atoms with Crippen LogP contribution in [0.25, 0.3) is 0 Å². The molecule has 0 bridgehead atoms. The van der Waals surface area contributed by atoms with E-state index in [-0.39, 0.29) is 18.7 Å². The fourth-order valence-corrected chi connectivity index (χ4v) is 2.34. The van der Waals surface area contributed by atoms with Gasteiger partial charge in [-0.1, -0.05) is 36.4 Å². The summed E-state index contributed by atoms with van der Waals surface area (Å²) in [5.41, 5.74) is 1.73. The maximum atomic E-state index is 13.3. The van der Waals surface area contributed by atoms with Crippen LogP contribution in [0.3, 0.4) is 0 Å². The third-order valence-corrected chi connectivity index (χ3v) is 3.51. The predicted molar refractivity (Wildman–Crippen MR) is 78.8 cm³/mol. The molecule has 0 aliphatic carbocycles. The lowest BCUT2D eigenvalue weighted by molar-refractivity contribution is 0.260. The Bertz CT molecular complexity index is 574. The van der Waals surface area contributed by atoms with Crippen LogP contribution < -0.4 is 5.32 Å². The first-order valence-corrected chi connectivity index (χ1v) is 6.98. The molecule has 2 aromatic carbocycles. The molecule has 4 heteroatoms. The van der Waals surface area contributed by atoms with Crippen molar-refractivity contribution in [2.75, 3.05) is 6.61 Å². The molecule has 112 valence electrons. The number of aliphatic hydroxyl groups excluding tert-OH is 1. The maximum Gasteiger partial charge on any atom is 0.159 e. The van der Waals surface area contributed by atoms with Gasteiger partial charge in [0.2, 0.25) is 0 Å². The zero-order valence-corrected chi connectivity index (χ0v) is 11.9. The molecule has 0 radical (unpaired) electrons. The summed E-state index contributed by atoms with van der Waals surface area (Å²) in [5, 5.41) is 12.6. The van der Waals surface area contributed by atoms with Gasteiger partial charge in [-0.3, -0.25) is 0 Å². The minimum atomic E-state index is -0.848. The maximum absolute atomic E-state index is 13.3. The first kappa shape index (κ1) is 15.6. The summed E-state index contributed by atoms with van der Waals surface area (Å²) in [6.45, 7) is 1.94. The molecule has 0 aliphatic heterocycles. The largest absolute Gasteiger partial charge is 0.396 e. The van der Waals surface area contributed by atoms with Crippen molar-refractivity contribution in [3.63, 3.8) is 0 Å². The summed E-state index contributed by atoms with van der Waals surface area (Å²) in [5.74, 6) is -1.69. The van der Waals surface area contributed by atoms with Gasteiger partial charge in [-0.05, 0) is 36.6 Å². The molecule has 2 rings (SSSR count). The van der Waals surface area contributed by atoms with Crippen molar-refractivity contribution in [1.82, 2.24) is 5.32 Å². The quantitative estimate of drug-likeness (QED) is 0.850. The van der Waals surface area contributed by atoms with E-state index >= 15 is 0 Å². The van der Waals surface area contributed by atoms with E-state index in [0.29, 0.717) is 12.0 Å². The number of benzene rings is 2. The fourth-order valence-electron chi connectivity index (χ4n) is 2.34. The van der Waals surface area contributed by atoms with Crippen LogP contribution in [0.5, 0.6) is 0 Å². The topological polar surface area (TPSA) is 32.3 Å². The average molecular weight is 291 g/mol. The lowest BCUT2D eigenvalue weighted by Crippen LogP contribution is -2.25. The van der Waals surface area contributed by atoms with E-state index < -0.39 is 11.6 Å². The van der Waals surface area contributed by atoms with Gasteiger partial charge in [0.1, 0.15) is 0 Å². The Kier molecular flexibility index (Phi) is 5.42. The van der Waals surface area contributed by atoms with E-state index in [1.165, 1.54) is 6.07 Å². The molecule has 0 aromatic heterocycles. The number of rotatable bonds is 6. The number of halogens is 2. The predicted octanol–water partition coefficient (Wildman–Crippen LogP) is 3.74. The molecule has 0 spiro atoms. The highest BCUT2D eigenvalue weighted by Gasteiger charge is 2.16. The molecule has 1 unspecified atom stereocenters. The second kappa shape index (κ2) is 7.29. The minimum Gasteiger partial charge on any atom is -0.396 e. The van der Waals surface area contributed by atoms with Crippen LogP contribution >= 0.6 is 0 Å². The van der Waals surface area contributed by atoms with Gasteiger partial charge in [0.25, 0.3) is 0 Å². The van der Waals surface area contributed by atoms with E-state index in [9.17, 15) is 13.9 Å². The summed E-state index contributed by atoms with van der Waals surface area (Å²) >= 11 is 0. The fraction of sp³-hybridized carbons (Fsp3) is 0.294. The summed E-state index contributed by atoms with van der Waals surface area (Å²) in [7, 11) is 0.